The molecule has 0 bridgehead atoms. The molecule has 1 atom stereocenters. The number of amides is 1. The molecule has 1 unspecified atom stereocenters. The van der Waals surface area contributed by atoms with E-state index in [0.29, 0.717) is 17.7 Å². The number of hydrogen-bond acceptors (Lipinski definition) is 5. The first-order valence-corrected chi connectivity index (χ1v) is 8.64. The van der Waals surface area contributed by atoms with Crippen LogP contribution in [0.1, 0.15) is 22.3 Å². The maximum Gasteiger partial charge on any atom is 0.254 e. The van der Waals surface area contributed by atoms with E-state index < -0.39 is 9.84 Å². The molecule has 21 heavy (non-hydrogen) atoms. The van der Waals surface area contributed by atoms with Gasteiger partial charge in [0, 0.05) is 23.8 Å². The van der Waals surface area contributed by atoms with Gasteiger partial charge in [-0.25, -0.2) is 8.42 Å². The van der Waals surface area contributed by atoms with Crippen molar-refractivity contribution >= 4 is 21.4 Å². The number of rotatable bonds is 4. The average molecular weight is 312 g/mol. The van der Waals surface area contributed by atoms with Crippen molar-refractivity contribution in [3.8, 4) is 0 Å². The Kier molecular flexibility index (Phi) is 4.53. The molecular weight excluding hydrogens is 292 g/mol. The van der Waals surface area contributed by atoms with Crippen LogP contribution in [0.3, 0.4) is 0 Å². The maximum absolute atomic E-state index is 12.7. The second-order valence-electron chi connectivity index (χ2n) is 5.35. The minimum absolute atomic E-state index is 0.0416. The second kappa shape index (κ2) is 6.03. The van der Waals surface area contributed by atoms with E-state index >= 15 is 0 Å². The first-order valence-electron chi connectivity index (χ1n) is 6.82. The molecule has 6 nitrogen and oxygen atoms in total. The summed E-state index contributed by atoms with van der Waals surface area (Å²) in [6.45, 7) is 1.71. The van der Waals surface area contributed by atoms with Gasteiger partial charge in [-0.3, -0.25) is 4.79 Å². The molecule has 1 amide bonds. The van der Waals surface area contributed by atoms with Crippen LogP contribution in [0.2, 0.25) is 0 Å². The van der Waals surface area contributed by atoms with Gasteiger partial charge in [0.1, 0.15) is 0 Å². The highest BCUT2D eigenvalue weighted by molar-refractivity contribution is 7.91. The summed E-state index contributed by atoms with van der Waals surface area (Å²) in [5.74, 6) is -0.237. The molecule has 1 saturated heterocycles. The lowest BCUT2D eigenvalue weighted by Crippen LogP contribution is -2.43. The molecule has 116 valence electrons. The number of anilines is 1. The molecule has 1 heterocycles. The van der Waals surface area contributed by atoms with Crippen molar-refractivity contribution in [1.82, 2.24) is 4.90 Å². The van der Waals surface area contributed by atoms with Gasteiger partial charge >= 0.3 is 0 Å². The van der Waals surface area contributed by atoms with Gasteiger partial charge in [-0.15, -0.1) is 0 Å². The topological polar surface area (TPSA) is 101 Å². The zero-order chi connectivity index (χ0) is 15.6. The molecule has 7 heteroatoms. The van der Waals surface area contributed by atoms with Crippen LogP contribution in [0, 0.1) is 6.92 Å². The van der Waals surface area contributed by atoms with Gasteiger partial charge < -0.3 is 15.7 Å². The van der Waals surface area contributed by atoms with Crippen molar-refractivity contribution < 1.29 is 18.3 Å². The molecule has 2 rings (SSSR count). The molecule has 0 radical (unpaired) electrons. The first-order chi connectivity index (χ1) is 9.84. The van der Waals surface area contributed by atoms with Crippen LogP contribution < -0.4 is 5.73 Å². The summed E-state index contributed by atoms with van der Waals surface area (Å²) in [6.07, 6.45) is 0.412. The zero-order valence-corrected chi connectivity index (χ0v) is 12.8. The van der Waals surface area contributed by atoms with Gasteiger partial charge in [-0.05, 0) is 31.0 Å². The highest BCUT2D eigenvalue weighted by atomic mass is 32.2. The summed E-state index contributed by atoms with van der Waals surface area (Å²) in [6, 6.07) is 4.68. The van der Waals surface area contributed by atoms with Crippen LogP contribution in [-0.4, -0.2) is 55.0 Å². The second-order valence-corrected chi connectivity index (χ2v) is 7.58. The number of carbonyl (C=O) groups is 1. The predicted molar refractivity (Wildman–Crippen MR) is 80.8 cm³/mol. The molecule has 1 aliphatic rings. The summed E-state index contributed by atoms with van der Waals surface area (Å²) >= 11 is 0. The lowest BCUT2D eigenvalue weighted by molar-refractivity contribution is 0.0654. The number of aryl methyl sites for hydroxylation is 1. The van der Waals surface area contributed by atoms with E-state index in [4.69, 9.17) is 5.73 Å². The van der Waals surface area contributed by atoms with E-state index in [0.717, 1.165) is 5.56 Å². The molecule has 3 N–H and O–H groups in total. The van der Waals surface area contributed by atoms with E-state index in [-0.39, 0.29) is 36.6 Å². The van der Waals surface area contributed by atoms with Gasteiger partial charge in [0.2, 0.25) is 0 Å². The Bertz CT molecular complexity index is 642. The molecule has 0 aliphatic carbocycles. The molecule has 1 fully saturated rings. The number of nitrogen functional groups attached to an aromatic ring is 1. The predicted octanol–water partition coefficient (Wildman–Crippen LogP) is 0.199. The Morgan fingerprint density at radius 2 is 2.19 bits per heavy atom. The summed E-state index contributed by atoms with van der Waals surface area (Å²) in [4.78, 5) is 14.1. The van der Waals surface area contributed by atoms with Crippen LogP contribution >= 0.6 is 0 Å². The zero-order valence-electron chi connectivity index (χ0n) is 11.9. The Morgan fingerprint density at radius 3 is 2.76 bits per heavy atom. The van der Waals surface area contributed by atoms with E-state index in [9.17, 15) is 18.3 Å². The van der Waals surface area contributed by atoms with Crippen molar-refractivity contribution in [1.29, 1.82) is 0 Å². The van der Waals surface area contributed by atoms with Gasteiger partial charge in [0.25, 0.3) is 5.91 Å². The quantitative estimate of drug-likeness (QED) is 0.773. The number of sulfone groups is 1. The molecule has 0 spiro atoms. The molecule has 1 aromatic rings. The van der Waals surface area contributed by atoms with Crippen LogP contribution in [0.4, 0.5) is 5.69 Å². The Labute approximate surface area is 124 Å². The number of nitrogens with zero attached hydrogens (tertiary/aromatic N) is 1. The number of aliphatic hydroxyl groups excluding tert-OH is 1. The molecular formula is C14H20N2O4S. The van der Waals surface area contributed by atoms with Crippen molar-refractivity contribution in [2.75, 3.05) is 30.4 Å². The van der Waals surface area contributed by atoms with Crippen molar-refractivity contribution in [2.45, 2.75) is 19.4 Å². The lowest BCUT2D eigenvalue weighted by atomic mass is 10.1. The minimum Gasteiger partial charge on any atom is -0.399 e. The fourth-order valence-corrected chi connectivity index (χ4v) is 4.33. The summed E-state index contributed by atoms with van der Waals surface area (Å²) in [5, 5.41) is 9.18. The third-order valence-corrected chi connectivity index (χ3v) is 5.49. The van der Waals surface area contributed by atoms with E-state index in [1.165, 1.54) is 4.90 Å². The van der Waals surface area contributed by atoms with Gasteiger partial charge in [0.15, 0.2) is 9.84 Å². The number of carbonyl (C=O) groups excluding carboxylic acids is 1. The van der Waals surface area contributed by atoms with Gasteiger partial charge in [-0.1, -0.05) is 6.07 Å². The number of nitrogens with two attached hydrogens (primary N) is 1. The molecule has 1 aliphatic heterocycles. The Morgan fingerprint density at radius 1 is 1.48 bits per heavy atom. The monoisotopic (exact) mass is 312 g/mol. The fraction of sp³-hybridized carbons (Fsp3) is 0.500. The highest BCUT2D eigenvalue weighted by Gasteiger charge is 2.35. The lowest BCUT2D eigenvalue weighted by Gasteiger charge is -2.28. The maximum atomic E-state index is 12.7. The first kappa shape index (κ1) is 15.8. The third kappa shape index (κ3) is 3.54. The van der Waals surface area contributed by atoms with Crippen LogP contribution in [0.5, 0.6) is 0 Å². The van der Waals surface area contributed by atoms with Crippen molar-refractivity contribution in [3.63, 3.8) is 0 Å². The standard InChI is InChI=1S/C14H20N2O4S/c1-10-2-3-11(15)8-13(10)14(18)16(5-6-17)12-4-7-21(19,20)9-12/h2-3,8,12,17H,4-7,9,15H2,1H3. The molecule has 0 aromatic heterocycles. The number of aliphatic hydroxyl groups is 1. The Hall–Kier alpha value is -1.60. The largest absolute Gasteiger partial charge is 0.399 e. The van der Waals surface area contributed by atoms with Crippen LogP contribution in [0.25, 0.3) is 0 Å². The van der Waals surface area contributed by atoms with Gasteiger partial charge in [0.05, 0.1) is 18.1 Å². The Balaban J connectivity index is 2.30. The molecule has 0 saturated carbocycles. The van der Waals surface area contributed by atoms with E-state index in [2.05, 4.69) is 0 Å². The molecule has 1 aromatic carbocycles. The summed E-state index contributed by atoms with van der Waals surface area (Å²) in [5.41, 5.74) is 7.43. The van der Waals surface area contributed by atoms with Crippen LogP contribution in [-0.2, 0) is 9.84 Å². The number of hydrogen-bond donors (Lipinski definition) is 2. The normalized spacial score (nSPS) is 20.4. The average Bonchev–Trinajstić information content (AvgIpc) is 2.78. The smallest absolute Gasteiger partial charge is 0.254 e. The fourth-order valence-electron chi connectivity index (χ4n) is 2.60. The van der Waals surface area contributed by atoms with E-state index in [1.807, 2.05) is 0 Å². The van der Waals surface area contributed by atoms with Crippen molar-refractivity contribution in [2.24, 2.45) is 0 Å². The third-order valence-electron chi connectivity index (χ3n) is 3.74. The highest BCUT2D eigenvalue weighted by Crippen LogP contribution is 2.22. The van der Waals surface area contributed by atoms with Crippen LogP contribution in [0.15, 0.2) is 18.2 Å². The van der Waals surface area contributed by atoms with E-state index in [1.54, 1.807) is 25.1 Å². The van der Waals surface area contributed by atoms with Crippen molar-refractivity contribution in [3.05, 3.63) is 29.3 Å². The summed E-state index contributed by atoms with van der Waals surface area (Å²) < 4.78 is 23.2. The number of benzene rings is 1. The van der Waals surface area contributed by atoms with Gasteiger partial charge in [-0.2, -0.15) is 0 Å². The minimum atomic E-state index is -3.09. The SMILES string of the molecule is Cc1ccc(N)cc1C(=O)N(CCO)C1CCS(=O)(=O)C1. The summed E-state index contributed by atoms with van der Waals surface area (Å²) in [7, 11) is -3.09.